The van der Waals surface area contributed by atoms with E-state index in [4.69, 9.17) is 0 Å². The van der Waals surface area contributed by atoms with Gasteiger partial charge in [-0.3, -0.25) is 0 Å². The summed E-state index contributed by atoms with van der Waals surface area (Å²) in [6.07, 6.45) is 2.61. The molecule has 0 saturated heterocycles. The molecule has 4 rings (SSSR count). The molecule has 0 saturated carbocycles. The van der Waals surface area contributed by atoms with E-state index < -0.39 is 0 Å². The van der Waals surface area contributed by atoms with Crippen molar-refractivity contribution in [3.8, 4) is 0 Å². The number of likely N-dealkylation sites (N-methyl/N-ethyl adjacent to an activating group) is 1. The minimum Gasteiger partial charge on any atom is -0.317 e. The van der Waals surface area contributed by atoms with Crippen LogP contribution in [0.3, 0.4) is 0 Å². The zero-order valence-electron chi connectivity index (χ0n) is 13.3. The van der Waals surface area contributed by atoms with Crippen LogP contribution < -0.4 is 0 Å². The van der Waals surface area contributed by atoms with Crippen molar-refractivity contribution in [1.82, 2.24) is 9.47 Å². The van der Waals surface area contributed by atoms with Gasteiger partial charge in [0.25, 0.3) is 0 Å². The van der Waals surface area contributed by atoms with Gasteiger partial charge in [0.2, 0.25) is 0 Å². The number of benzene rings is 1. The predicted molar refractivity (Wildman–Crippen MR) is 96.3 cm³/mol. The molecule has 23 heavy (non-hydrogen) atoms. The first-order valence-corrected chi connectivity index (χ1v) is 8.73. The molecule has 0 spiro atoms. The highest BCUT2D eigenvalue weighted by atomic mass is 32.1. The van der Waals surface area contributed by atoms with Crippen molar-refractivity contribution in [3.63, 3.8) is 0 Å². The normalized spacial score (nSPS) is 16.0. The fourth-order valence-corrected chi connectivity index (χ4v) is 4.01. The number of aryl methyl sites for hydroxylation is 1. The van der Waals surface area contributed by atoms with Crippen molar-refractivity contribution in [1.29, 1.82) is 0 Å². The minimum absolute atomic E-state index is 0.167. The summed E-state index contributed by atoms with van der Waals surface area (Å²) in [5.74, 6) is -0.167. The highest BCUT2D eigenvalue weighted by Crippen LogP contribution is 2.33. The molecular formula is C19H19FN2S. The summed E-state index contributed by atoms with van der Waals surface area (Å²) < 4.78 is 16.7. The van der Waals surface area contributed by atoms with Crippen molar-refractivity contribution in [3.05, 3.63) is 57.4 Å². The van der Waals surface area contributed by atoms with E-state index in [0.29, 0.717) is 4.88 Å². The second kappa shape index (κ2) is 5.62. The summed E-state index contributed by atoms with van der Waals surface area (Å²) in [6.45, 7) is 4.05. The second-order valence-electron chi connectivity index (χ2n) is 6.26. The van der Waals surface area contributed by atoms with Gasteiger partial charge in [-0.05, 0) is 43.1 Å². The maximum atomic E-state index is 14.6. The maximum absolute atomic E-state index is 14.6. The third-order valence-electron chi connectivity index (χ3n) is 4.53. The molecule has 0 atom stereocenters. The van der Waals surface area contributed by atoms with Crippen LogP contribution in [-0.2, 0) is 13.0 Å². The molecule has 0 aliphatic carbocycles. The molecule has 1 aliphatic rings. The van der Waals surface area contributed by atoms with Crippen molar-refractivity contribution in [2.75, 3.05) is 13.6 Å². The largest absolute Gasteiger partial charge is 0.317 e. The van der Waals surface area contributed by atoms with Gasteiger partial charge in [0.05, 0.1) is 10.4 Å². The first kappa shape index (κ1) is 14.7. The monoisotopic (exact) mass is 326 g/mol. The number of halogens is 1. The molecule has 3 heterocycles. The minimum atomic E-state index is -0.167. The number of rotatable bonds is 2. The van der Waals surface area contributed by atoms with Crippen molar-refractivity contribution in [2.24, 2.45) is 0 Å². The fraction of sp³-hybridized carbons (Fsp3) is 0.263. The van der Waals surface area contributed by atoms with E-state index in [9.17, 15) is 4.39 Å². The number of hydrogen-bond donors (Lipinski definition) is 0. The van der Waals surface area contributed by atoms with Crippen LogP contribution in [0, 0.1) is 6.92 Å². The number of fused-ring (bicyclic) bond motifs is 3. The molecule has 0 unspecified atom stereocenters. The zero-order chi connectivity index (χ0) is 16.0. The Hall–Kier alpha value is -1.91. The van der Waals surface area contributed by atoms with E-state index in [1.165, 1.54) is 33.5 Å². The van der Waals surface area contributed by atoms with Crippen LogP contribution in [0.2, 0.25) is 0 Å². The van der Waals surface area contributed by atoms with Crippen LogP contribution in [0.5, 0.6) is 0 Å². The van der Waals surface area contributed by atoms with E-state index in [1.807, 2.05) is 17.5 Å². The van der Waals surface area contributed by atoms with Gasteiger partial charge in [0.1, 0.15) is 0 Å². The van der Waals surface area contributed by atoms with E-state index in [0.717, 1.165) is 25.0 Å². The van der Waals surface area contributed by atoms with Crippen LogP contribution in [0.25, 0.3) is 22.9 Å². The topological polar surface area (TPSA) is 8.17 Å². The molecule has 0 fully saturated rings. The van der Waals surface area contributed by atoms with E-state index >= 15 is 0 Å². The Labute approximate surface area is 139 Å². The lowest BCUT2D eigenvalue weighted by atomic mass is 10.0. The Bertz CT molecular complexity index is 890. The summed E-state index contributed by atoms with van der Waals surface area (Å²) in [5.41, 5.74) is 4.93. The van der Waals surface area contributed by atoms with E-state index in [-0.39, 0.29) is 5.83 Å². The molecule has 0 bridgehead atoms. The van der Waals surface area contributed by atoms with Gasteiger partial charge in [-0.1, -0.05) is 17.7 Å². The molecule has 0 amide bonds. The van der Waals surface area contributed by atoms with Gasteiger partial charge in [-0.25, -0.2) is 4.39 Å². The first-order valence-electron chi connectivity index (χ1n) is 7.85. The second-order valence-corrected chi connectivity index (χ2v) is 7.21. The molecule has 3 aromatic rings. The number of hydrogen-bond acceptors (Lipinski definition) is 2. The zero-order valence-corrected chi connectivity index (χ0v) is 14.2. The summed E-state index contributed by atoms with van der Waals surface area (Å²) in [6, 6.07) is 10.1. The quantitative estimate of drug-likeness (QED) is 0.648. The van der Waals surface area contributed by atoms with Gasteiger partial charge in [-0.2, -0.15) is 0 Å². The van der Waals surface area contributed by atoms with Crippen molar-refractivity contribution >= 4 is 34.3 Å². The average Bonchev–Trinajstić information content (AvgIpc) is 3.15. The van der Waals surface area contributed by atoms with Crippen LogP contribution in [-0.4, -0.2) is 23.1 Å². The van der Waals surface area contributed by atoms with Crippen molar-refractivity contribution < 1.29 is 4.39 Å². The molecular weight excluding hydrogens is 307 g/mol. The van der Waals surface area contributed by atoms with E-state index in [1.54, 1.807) is 6.20 Å². The third kappa shape index (κ3) is 2.52. The Morgan fingerprint density at radius 2 is 2.17 bits per heavy atom. The van der Waals surface area contributed by atoms with Crippen LogP contribution >= 0.6 is 11.3 Å². The number of nitrogens with zero attached hydrogens (tertiary/aromatic N) is 2. The standard InChI is InChI=1S/C19H19FN2S/c1-13-5-6-17-14(10-13)15-11-21(2)8-7-18(15)22(17)12-16(20)19-4-3-9-23-19/h3-6,9-10,12H,7-8,11H2,1-2H3/b16-12+. The molecule has 1 aliphatic heterocycles. The van der Waals surface area contributed by atoms with Crippen molar-refractivity contribution in [2.45, 2.75) is 19.9 Å². The summed E-state index contributed by atoms with van der Waals surface area (Å²) in [4.78, 5) is 3.01. The third-order valence-corrected chi connectivity index (χ3v) is 5.41. The van der Waals surface area contributed by atoms with Gasteiger partial charge < -0.3 is 9.47 Å². The molecule has 0 radical (unpaired) electrons. The Balaban J connectivity index is 1.94. The Morgan fingerprint density at radius 1 is 1.30 bits per heavy atom. The Kier molecular flexibility index (Phi) is 3.58. The van der Waals surface area contributed by atoms with Gasteiger partial charge in [-0.15, -0.1) is 11.3 Å². The first-order chi connectivity index (χ1) is 11.1. The molecule has 4 heteroatoms. The summed E-state index contributed by atoms with van der Waals surface area (Å²) in [7, 11) is 2.14. The number of thiophene rings is 1. The smallest absolute Gasteiger partial charge is 0.156 e. The molecule has 2 nitrogen and oxygen atoms in total. The van der Waals surface area contributed by atoms with E-state index in [2.05, 4.69) is 41.6 Å². The lowest BCUT2D eigenvalue weighted by molar-refractivity contribution is 0.312. The SMILES string of the molecule is Cc1ccc2c(c1)c1c(n2/C=C(/F)c2cccs2)CCN(C)C1. The summed E-state index contributed by atoms with van der Waals surface area (Å²) >= 11 is 1.43. The maximum Gasteiger partial charge on any atom is 0.156 e. The number of aromatic nitrogens is 1. The lowest BCUT2D eigenvalue weighted by Crippen LogP contribution is -2.26. The van der Waals surface area contributed by atoms with Crippen LogP contribution in [0.15, 0.2) is 35.7 Å². The molecule has 0 N–H and O–H groups in total. The predicted octanol–water partition coefficient (Wildman–Crippen LogP) is 4.92. The lowest BCUT2D eigenvalue weighted by Gasteiger charge is -2.23. The van der Waals surface area contributed by atoms with Crippen LogP contribution in [0.4, 0.5) is 4.39 Å². The molecule has 2 aromatic heterocycles. The summed E-state index contributed by atoms with van der Waals surface area (Å²) in [5, 5.41) is 3.16. The van der Waals surface area contributed by atoms with Crippen LogP contribution in [0.1, 0.15) is 21.7 Å². The highest BCUT2D eigenvalue weighted by molar-refractivity contribution is 7.11. The van der Waals surface area contributed by atoms with Gasteiger partial charge in [0.15, 0.2) is 5.83 Å². The average molecular weight is 326 g/mol. The van der Waals surface area contributed by atoms with Gasteiger partial charge >= 0.3 is 0 Å². The van der Waals surface area contributed by atoms with Gasteiger partial charge in [0, 0.05) is 36.8 Å². The molecule has 1 aromatic carbocycles. The Morgan fingerprint density at radius 3 is 2.96 bits per heavy atom. The highest BCUT2D eigenvalue weighted by Gasteiger charge is 2.22. The molecule has 118 valence electrons. The fourth-order valence-electron chi connectivity index (χ4n) is 3.38.